The first kappa shape index (κ1) is 57.5. The van der Waals surface area contributed by atoms with E-state index in [0.717, 1.165) is 44.9 Å². The molecule has 0 aliphatic heterocycles. The zero-order chi connectivity index (χ0) is 43.2. The Bertz CT molecular complexity index is 1020. The lowest BCUT2D eigenvalue weighted by molar-refractivity contribution is -0.161. The Labute approximate surface area is 363 Å². The molecular weight excluding hydrogens is 762 g/mol. The molecule has 1 unspecified atom stereocenters. The maximum absolute atomic E-state index is 12.6. The number of unbranched alkanes of at least 4 members (excludes halogenated alkanes) is 30. The fraction of sp³-hybridized carbons (Fsp3) is 0.878. The van der Waals surface area contributed by atoms with Gasteiger partial charge in [-0.05, 0) is 44.9 Å². The minimum absolute atomic E-state index is 0.0503. The summed E-state index contributed by atoms with van der Waals surface area (Å²) >= 11 is 0. The van der Waals surface area contributed by atoms with Crippen LogP contribution in [0.5, 0.6) is 0 Å². The molecule has 59 heavy (non-hydrogen) atoms. The summed E-state index contributed by atoms with van der Waals surface area (Å²) in [5, 5.41) is 0. The second-order valence-electron chi connectivity index (χ2n) is 16.7. The third-order valence-corrected chi connectivity index (χ3v) is 11.8. The highest BCUT2D eigenvalue weighted by Gasteiger charge is 2.26. The van der Waals surface area contributed by atoms with E-state index < -0.39 is 26.5 Å². The molecule has 3 N–H and O–H groups in total. The van der Waals surface area contributed by atoms with Crippen LogP contribution in [0.15, 0.2) is 24.3 Å². The number of hydrogen-bond acceptors (Lipinski definition) is 8. The molecule has 0 aromatic heterocycles. The number of phosphoric ester groups is 1. The van der Waals surface area contributed by atoms with E-state index in [1.807, 2.05) is 0 Å². The van der Waals surface area contributed by atoms with Gasteiger partial charge in [0, 0.05) is 19.4 Å². The van der Waals surface area contributed by atoms with Crippen LogP contribution < -0.4 is 5.73 Å². The Morgan fingerprint density at radius 1 is 0.508 bits per heavy atom. The number of phosphoric acid groups is 1. The van der Waals surface area contributed by atoms with Crippen LogP contribution in [0.3, 0.4) is 0 Å². The number of allylic oxidation sites excluding steroid dienone is 4. The molecular formula is C49H94NO8P. The molecule has 0 aliphatic rings. The van der Waals surface area contributed by atoms with Gasteiger partial charge in [0.15, 0.2) is 6.10 Å². The van der Waals surface area contributed by atoms with Crippen molar-refractivity contribution in [2.24, 2.45) is 5.73 Å². The lowest BCUT2D eigenvalue weighted by atomic mass is 10.0. The van der Waals surface area contributed by atoms with Crippen molar-refractivity contribution < 1.29 is 37.6 Å². The van der Waals surface area contributed by atoms with E-state index in [9.17, 15) is 19.0 Å². The summed E-state index contributed by atoms with van der Waals surface area (Å²) in [4.78, 5) is 35.0. The molecule has 2 atom stereocenters. The average Bonchev–Trinajstić information content (AvgIpc) is 3.22. The van der Waals surface area contributed by atoms with Crippen LogP contribution in [0.4, 0.5) is 0 Å². The van der Waals surface area contributed by atoms with Gasteiger partial charge < -0.3 is 20.1 Å². The Morgan fingerprint density at radius 2 is 0.881 bits per heavy atom. The molecule has 0 aromatic carbocycles. The standard InChI is InChI=1S/C49H94NO8P/c1-3-5-7-9-11-13-15-17-19-20-21-22-23-24-25-26-28-29-31-33-35-37-39-41-48(51)55-45-47(46-57-59(53,54)56-44-43-50)58-49(52)42-40-38-36-34-32-30-27-18-16-14-12-10-8-6-4-2/h18,27,32,34,47H,3-17,19-26,28-31,33,35-46,50H2,1-2H3,(H,53,54)/b27-18+,34-32+/t47-/m0/s1. The fourth-order valence-electron chi connectivity index (χ4n) is 7.14. The molecule has 0 aromatic rings. The summed E-state index contributed by atoms with van der Waals surface area (Å²) < 4.78 is 32.8. The molecule has 0 bridgehead atoms. The first-order chi connectivity index (χ1) is 28.8. The first-order valence-electron chi connectivity index (χ1n) is 24.8. The highest BCUT2D eigenvalue weighted by atomic mass is 31.2. The van der Waals surface area contributed by atoms with Crippen molar-refractivity contribution in [2.75, 3.05) is 26.4 Å². The topological polar surface area (TPSA) is 134 Å². The summed E-state index contributed by atoms with van der Waals surface area (Å²) in [6, 6.07) is 0. The first-order valence-corrected chi connectivity index (χ1v) is 26.3. The van der Waals surface area contributed by atoms with E-state index in [0.29, 0.717) is 6.42 Å². The van der Waals surface area contributed by atoms with Crippen molar-refractivity contribution >= 4 is 19.8 Å². The van der Waals surface area contributed by atoms with E-state index in [2.05, 4.69) is 38.2 Å². The molecule has 0 radical (unpaired) electrons. The Balaban J connectivity index is 4.02. The molecule has 348 valence electrons. The van der Waals surface area contributed by atoms with E-state index in [-0.39, 0.29) is 38.6 Å². The van der Waals surface area contributed by atoms with E-state index in [1.54, 1.807) is 0 Å². The molecule has 9 nitrogen and oxygen atoms in total. The Hall–Kier alpha value is -1.51. The molecule has 0 fully saturated rings. The number of rotatable bonds is 47. The van der Waals surface area contributed by atoms with Crippen molar-refractivity contribution in [2.45, 2.75) is 251 Å². The van der Waals surface area contributed by atoms with Gasteiger partial charge in [-0.25, -0.2) is 4.57 Å². The average molecular weight is 856 g/mol. The van der Waals surface area contributed by atoms with Crippen LogP contribution in [0.1, 0.15) is 245 Å². The predicted octanol–water partition coefficient (Wildman–Crippen LogP) is 14.7. The lowest BCUT2D eigenvalue weighted by Crippen LogP contribution is -2.29. The SMILES string of the molecule is CCCCCCCC/C=C/C/C=C/CCCCC(=O)O[C@@H](COC(=O)CCCCCCCCCCCCCCCCCCCCCCCCC)COP(=O)(O)OCCN. The lowest BCUT2D eigenvalue weighted by Gasteiger charge is -2.19. The van der Waals surface area contributed by atoms with E-state index in [4.69, 9.17) is 24.3 Å². The van der Waals surface area contributed by atoms with Gasteiger partial charge in [0.2, 0.25) is 0 Å². The van der Waals surface area contributed by atoms with Crippen LogP contribution in [0.25, 0.3) is 0 Å². The van der Waals surface area contributed by atoms with Crippen molar-refractivity contribution in [3.8, 4) is 0 Å². The van der Waals surface area contributed by atoms with Gasteiger partial charge in [0.25, 0.3) is 0 Å². The molecule has 10 heteroatoms. The maximum atomic E-state index is 12.6. The number of carbonyl (C=O) groups is 2. The second-order valence-corrected chi connectivity index (χ2v) is 18.1. The zero-order valence-corrected chi connectivity index (χ0v) is 39.4. The number of ether oxygens (including phenoxy) is 2. The number of nitrogens with two attached hydrogens (primary N) is 1. The third kappa shape index (κ3) is 45.8. The molecule has 0 amide bonds. The Kier molecular flexibility index (Phi) is 44.8. The molecule has 0 spiro atoms. The summed E-state index contributed by atoms with van der Waals surface area (Å²) in [5.41, 5.74) is 5.36. The van der Waals surface area contributed by atoms with Gasteiger partial charge in [-0.2, -0.15) is 0 Å². The van der Waals surface area contributed by atoms with Crippen molar-refractivity contribution in [1.29, 1.82) is 0 Å². The van der Waals surface area contributed by atoms with Gasteiger partial charge in [-0.3, -0.25) is 18.6 Å². The van der Waals surface area contributed by atoms with Crippen LogP contribution >= 0.6 is 7.82 Å². The molecule has 0 rings (SSSR count). The van der Waals surface area contributed by atoms with Gasteiger partial charge in [0.1, 0.15) is 6.61 Å². The summed E-state index contributed by atoms with van der Waals surface area (Å²) in [6.45, 7) is 3.73. The third-order valence-electron chi connectivity index (χ3n) is 10.8. The second kappa shape index (κ2) is 46.0. The zero-order valence-electron chi connectivity index (χ0n) is 38.5. The predicted molar refractivity (Wildman–Crippen MR) is 247 cm³/mol. The van der Waals surface area contributed by atoms with Crippen molar-refractivity contribution in [1.82, 2.24) is 0 Å². The van der Waals surface area contributed by atoms with Crippen LogP contribution in [-0.4, -0.2) is 49.3 Å². The van der Waals surface area contributed by atoms with Gasteiger partial charge in [0.05, 0.1) is 13.2 Å². The fourth-order valence-corrected chi connectivity index (χ4v) is 7.90. The van der Waals surface area contributed by atoms with Crippen LogP contribution in [-0.2, 0) is 32.7 Å². The van der Waals surface area contributed by atoms with E-state index in [1.165, 1.54) is 167 Å². The van der Waals surface area contributed by atoms with Crippen molar-refractivity contribution in [3.05, 3.63) is 24.3 Å². The summed E-state index contributed by atoms with van der Waals surface area (Å²) in [7, 11) is -4.38. The van der Waals surface area contributed by atoms with Crippen LogP contribution in [0, 0.1) is 0 Å². The molecule has 0 aliphatic carbocycles. The summed E-state index contributed by atoms with van der Waals surface area (Å²) in [6.07, 6.45) is 50.8. The van der Waals surface area contributed by atoms with E-state index >= 15 is 0 Å². The smallest absolute Gasteiger partial charge is 0.462 e. The summed E-state index contributed by atoms with van der Waals surface area (Å²) in [5.74, 6) is -0.855. The highest BCUT2D eigenvalue weighted by Crippen LogP contribution is 2.43. The highest BCUT2D eigenvalue weighted by molar-refractivity contribution is 7.47. The molecule has 0 heterocycles. The quantitative estimate of drug-likeness (QED) is 0.0265. The van der Waals surface area contributed by atoms with Gasteiger partial charge in [-0.15, -0.1) is 0 Å². The number of carbonyl (C=O) groups excluding carboxylic acids is 2. The van der Waals surface area contributed by atoms with Crippen LogP contribution in [0.2, 0.25) is 0 Å². The minimum atomic E-state index is -4.38. The van der Waals surface area contributed by atoms with Crippen molar-refractivity contribution in [3.63, 3.8) is 0 Å². The maximum Gasteiger partial charge on any atom is 0.472 e. The normalized spacial score (nSPS) is 13.4. The number of hydrogen-bond donors (Lipinski definition) is 2. The largest absolute Gasteiger partial charge is 0.472 e. The van der Waals surface area contributed by atoms with Gasteiger partial charge in [-0.1, -0.05) is 212 Å². The Morgan fingerprint density at radius 3 is 1.32 bits per heavy atom. The monoisotopic (exact) mass is 856 g/mol. The molecule has 0 saturated carbocycles. The minimum Gasteiger partial charge on any atom is -0.462 e. The number of esters is 2. The molecule has 0 saturated heterocycles. The van der Waals surface area contributed by atoms with Gasteiger partial charge >= 0.3 is 19.8 Å².